The topological polar surface area (TPSA) is 64.9 Å². The fourth-order valence-electron chi connectivity index (χ4n) is 2.78. The third-order valence-electron chi connectivity index (χ3n) is 4.03. The average Bonchev–Trinajstić information content (AvgIpc) is 3.23. The number of rotatable bonds is 6. The van der Waals surface area contributed by atoms with E-state index in [-0.39, 0.29) is 6.10 Å². The van der Waals surface area contributed by atoms with E-state index in [2.05, 4.69) is 46.6 Å². The molecular formula is C15H23N5OS. The van der Waals surface area contributed by atoms with Crippen LogP contribution in [0.4, 0.5) is 5.13 Å². The fourth-order valence-corrected chi connectivity index (χ4v) is 3.49. The first-order valence-electron chi connectivity index (χ1n) is 7.89. The molecule has 0 unspecified atom stereocenters. The fraction of sp³-hybridized carbons (Fsp3) is 0.667. The lowest BCUT2D eigenvalue weighted by Gasteiger charge is -2.19. The number of hydrogen-bond acceptors (Lipinski definition) is 6. The maximum atomic E-state index is 5.95. The molecule has 1 fully saturated rings. The van der Waals surface area contributed by atoms with Crippen LogP contribution in [0.2, 0.25) is 0 Å². The van der Waals surface area contributed by atoms with Crippen molar-refractivity contribution in [3.63, 3.8) is 0 Å². The summed E-state index contributed by atoms with van der Waals surface area (Å²) in [5.74, 6) is 1.72. The van der Waals surface area contributed by atoms with Crippen molar-refractivity contribution in [2.24, 2.45) is 5.92 Å². The minimum atomic E-state index is 0.118. The Labute approximate surface area is 135 Å². The van der Waals surface area contributed by atoms with Gasteiger partial charge in [-0.05, 0) is 19.4 Å². The van der Waals surface area contributed by atoms with Gasteiger partial charge in [0, 0.05) is 49.3 Å². The van der Waals surface area contributed by atoms with Gasteiger partial charge in [-0.25, -0.2) is 4.98 Å². The van der Waals surface area contributed by atoms with Gasteiger partial charge < -0.3 is 10.1 Å². The molecule has 0 radical (unpaired) electrons. The van der Waals surface area contributed by atoms with Gasteiger partial charge in [0.1, 0.15) is 11.9 Å². The lowest BCUT2D eigenvalue weighted by molar-refractivity contribution is 0.0858. The molecule has 2 atom stereocenters. The second kappa shape index (κ2) is 6.75. The zero-order chi connectivity index (χ0) is 15.5. The number of nitrogens with one attached hydrogen (secondary N) is 1. The third kappa shape index (κ3) is 3.15. The minimum Gasteiger partial charge on any atom is -0.372 e. The van der Waals surface area contributed by atoms with E-state index in [0.717, 1.165) is 37.1 Å². The molecule has 1 N–H and O–H groups in total. The van der Waals surface area contributed by atoms with Gasteiger partial charge in [0.05, 0.1) is 5.69 Å². The van der Waals surface area contributed by atoms with Crippen molar-refractivity contribution in [2.75, 3.05) is 18.5 Å². The maximum Gasteiger partial charge on any atom is 0.202 e. The van der Waals surface area contributed by atoms with E-state index in [1.54, 1.807) is 0 Å². The Hall–Kier alpha value is -1.47. The first kappa shape index (κ1) is 15.4. The standard InChI is InChI=1S/C15H23N5OS/c1-4-20-12(5-7-17-20)13-11(6-8-21-13)9-16-15-18-14(10(2)3)19-22-15/h5,7,10-11,13H,4,6,8-9H2,1-3H3,(H,16,18,19)/t11-,13+/m0/s1. The highest BCUT2D eigenvalue weighted by Crippen LogP contribution is 2.34. The highest BCUT2D eigenvalue weighted by Gasteiger charge is 2.31. The number of ether oxygens (including phenoxy) is 1. The molecule has 2 aromatic heterocycles. The molecule has 0 aliphatic carbocycles. The molecule has 120 valence electrons. The van der Waals surface area contributed by atoms with Crippen LogP contribution >= 0.6 is 11.5 Å². The van der Waals surface area contributed by atoms with E-state index in [1.807, 2.05) is 10.9 Å². The monoisotopic (exact) mass is 321 g/mol. The van der Waals surface area contributed by atoms with Crippen molar-refractivity contribution in [2.45, 2.75) is 45.8 Å². The Kier molecular flexibility index (Phi) is 4.73. The summed E-state index contributed by atoms with van der Waals surface area (Å²) in [4.78, 5) is 4.53. The molecule has 7 heteroatoms. The molecule has 2 aromatic rings. The number of aryl methyl sites for hydroxylation is 1. The van der Waals surface area contributed by atoms with Crippen LogP contribution in [0.25, 0.3) is 0 Å². The maximum absolute atomic E-state index is 5.95. The SMILES string of the molecule is CCn1nccc1[C@@H]1OCC[C@H]1CNc1nc(C(C)C)ns1. The van der Waals surface area contributed by atoms with Crippen LogP contribution in [-0.2, 0) is 11.3 Å². The summed E-state index contributed by atoms with van der Waals surface area (Å²) in [5, 5.41) is 8.68. The zero-order valence-electron chi connectivity index (χ0n) is 13.3. The van der Waals surface area contributed by atoms with Crippen LogP contribution in [0, 0.1) is 5.92 Å². The van der Waals surface area contributed by atoms with Crippen LogP contribution in [0.1, 0.15) is 50.7 Å². The van der Waals surface area contributed by atoms with Gasteiger partial charge in [0.15, 0.2) is 0 Å². The Morgan fingerprint density at radius 3 is 3.09 bits per heavy atom. The van der Waals surface area contributed by atoms with Crippen molar-refractivity contribution in [1.29, 1.82) is 0 Å². The summed E-state index contributed by atoms with van der Waals surface area (Å²) in [7, 11) is 0. The first-order valence-corrected chi connectivity index (χ1v) is 8.67. The second-order valence-electron chi connectivity index (χ2n) is 5.91. The van der Waals surface area contributed by atoms with Crippen LogP contribution in [0.3, 0.4) is 0 Å². The normalized spacial score (nSPS) is 21.6. The van der Waals surface area contributed by atoms with Crippen LogP contribution in [-0.4, -0.2) is 32.3 Å². The lowest BCUT2D eigenvalue weighted by Crippen LogP contribution is -2.20. The number of hydrogen-bond donors (Lipinski definition) is 1. The number of aromatic nitrogens is 4. The summed E-state index contributed by atoms with van der Waals surface area (Å²) in [5.41, 5.74) is 1.17. The number of anilines is 1. The molecule has 22 heavy (non-hydrogen) atoms. The lowest BCUT2D eigenvalue weighted by atomic mass is 9.99. The van der Waals surface area contributed by atoms with Crippen LogP contribution < -0.4 is 5.32 Å². The summed E-state index contributed by atoms with van der Waals surface area (Å²) in [6.07, 6.45) is 3.03. The van der Waals surface area contributed by atoms with Crippen LogP contribution in [0.5, 0.6) is 0 Å². The third-order valence-corrected chi connectivity index (χ3v) is 4.72. The van der Waals surface area contributed by atoms with Crippen molar-refractivity contribution in [3.05, 3.63) is 23.8 Å². The van der Waals surface area contributed by atoms with Gasteiger partial charge >= 0.3 is 0 Å². The summed E-state index contributed by atoms with van der Waals surface area (Å²) in [6, 6.07) is 2.06. The Balaban J connectivity index is 1.64. The van der Waals surface area contributed by atoms with E-state index in [1.165, 1.54) is 17.2 Å². The zero-order valence-corrected chi connectivity index (χ0v) is 14.1. The van der Waals surface area contributed by atoms with Gasteiger partial charge in [0.25, 0.3) is 0 Å². The highest BCUT2D eigenvalue weighted by atomic mass is 32.1. The first-order chi connectivity index (χ1) is 10.7. The molecule has 0 aromatic carbocycles. The molecule has 1 aliphatic rings. The predicted octanol–water partition coefficient (Wildman–Crippen LogP) is 3.07. The van der Waals surface area contributed by atoms with Gasteiger partial charge in [0.2, 0.25) is 5.13 Å². The molecule has 3 rings (SSSR count). The molecule has 0 amide bonds. The Morgan fingerprint density at radius 2 is 2.36 bits per heavy atom. The average molecular weight is 321 g/mol. The molecule has 0 bridgehead atoms. The highest BCUT2D eigenvalue weighted by molar-refractivity contribution is 7.09. The van der Waals surface area contributed by atoms with E-state index in [9.17, 15) is 0 Å². The molecular weight excluding hydrogens is 298 g/mol. The molecule has 0 saturated carbocycles. The molecule has 0 spiro atoms. The van der Waals surface area contributed by atoms with Gasteiger partial charge in [-0.2, -0.15) is 9.47 Å². The van der Waals surface area contributed by atoms with E-state index >= 15 is 0 Å². The summed E-state index contributed by atoms with van der Waals surface area (Å²) in [6.45, 7) is 8.85. The largest absolute Gasteiger partial charge is 0.372 e. The van der Waals surface area contributed by atoms with Crippen molar-refractivity contribution in [3.8, 4) is 0 Å². The molecule has 1 aliphatic heterocycles. The summed E-state index contributed by atoms with van der Waals surface area (Å²) >= 11 is 1.44. The Morgan fingerprint density at radius 1 is 1.50 bits per heavy atom. The predicted molar refractivity (Wildman–Crippen MR) is 87.2 cm³/mol. The Bertz CT molecular complexity index is 609. The quantitative estimate of drug-likeness (QED) is 0.886. The van der Waals surface area contributed by atoms with Crippen LogP contribution in [0.15, 0.2) is 12.3 Å². The van der Waals surface area contributed by atoms with Crippen molar-refractivity contribution < 1.29 is 4.74 Å². The smallest absolute Gasteiger partial charge is 0.202 e. The van der Waals surface area contributed by atoms with E-state index < -0.39 is 0 Å². The van der Waals surface area contributed by atoms with Crippen molar-refractivity contribution in [1.82, 2.24) is 19.1 Å². The van der Waals surface area contributed by atoms with Gasteiger partial charge in [-0.1, -0.05) is 13.8 Å². The second-order valence-corrected chi connectivity index (χ2v) is 6.66. The van der Waals surface area contributed by atoms with Gasteiger partial charge in [-0.15, -0.1) is 0 Å². The molecule has 3 heterocycles. The molecule has 1 saturated heterocycles. The van der Waals surface area contributed by atoms with E-state index in [4.69, 9.17) is 4.74 Å². The van der Waals surface area contributed by atoms with E-state index in [0.29, 0.717) is 11.8 Å². The molecule has 6 nitrogen and oxygen atoms in total. The van der Waals surface area contributed by atoms with Gasteiger partial charge in [-0.3, -0.25) is 4.68 Å². The summed E-state index contributed by atoms with van der Waals surface area (Å²) < 4.78 is 12.3. The number of nitrogens with zero attached hydrogens (tertiary/aromatic N) is 4. The van der Waals surface area contributed by atoms with Crippen molar-refractivity contribution >= 4 is 16.7 Å². The minimum absolute atomic E-state index is 0.118.